The van der Waals surface area contributed by atoms with Crippen molar-refractivity contribution in [2.45, 2.75) is 13.3 Å². The molecule has 0 saturated carbocycles. The van der Waals surface area contributed by atoms with Gasteiger partial charge in [0.25, 0.3) is 5.91 Å². The van der Waals surface area contributed by atoms with E-state index in [9.17, 15) is 14.4 Å². The second-order valence-corrected chi connectivity index (χ2v) is 9.17. The van der Waals surface area contributed by atoms with Gasteiger partial charge in [0.1, 0.15) is 0 Å². The molecule has 2 amide bonds. The molecule has 1 N–H and O–H groups in total. The predicted octanol–water partition coefficient (Wildman–Crippen LogP) is 3.22. The molecular formula is C25H24N4O5S. The molecule has 180 valence electrons. The second kappa shape index (κ2) is 9.75. The number of nitrogens with one attached hydrogen (secondary N) is 1. The Morgan fingerprint density at radius 1 is 0.971 bits per heavy atom. The zero-order chi connectivity index (χ0) is 24.4. The van der Waals surface area contributed by atoms with E-state index in [4.69, 9.17) is 9.47 Å². The summed E-state index contributed by atoms with van der Waals surface area (Å²) in [5.41, 5.74) is 2.81. The van der Waals surface area contributed by atoms with Crippen molar-refractivity contribution < 1.29 is 23.9 Å². The molecule has 2 aromatic carbocycles. The normalized spacial score (nSPS) is 14.7. The molecule has 0 spiro atoms. The summed E-state index contributed by atoms with van der Waals surface area (Å²) >= 11 is 1.29. The van der Waals surface area contributed by atoms with Gasteiger partial charge in [-0.05, 0) is 49.4 Å². The van der Waals surface area contributed by atoms with Crippen molar-refractivity contribution in [3.8, 4) is 11.5 Å². The molecule has 35 heavy (non-hydrogen) atoms. The lowest BCUT2D eigenvalue weighted by Crippen LogP contribution is -2.49. The number of piperazine rings is 1. The highest BCUT2D eigenvalue weighted by Gasteiger charge is 2.23. The molecule has 0 atom stereocenters. The lowest BCUT2D eigenvalue weighted by Gasteiger charge is -2.36. The van der Waals surface area contributed by atoms with Crippen LogP contribution in [-0.2, 0) is 11.2 Å². The molecule has 0 bridgehead atoms. The van der Waals surface area contributed by atoms with Crippen molar-refractivity contribution in [3.05, 3.63) is 64.7 Å². The third-order valence-electron chi connectivity index (χ3n) is 6.01. The molecule has 1 aromatic heterocycles. The number of hydrogen-bond donors (Lipinski definition) is 1. The lowest BCUT2D eigenvalue weighted by molar-refractivity contribution is -0.130. The summed E-state index contributed by atoms with van der Waals surface area (Å²) in [4.78, 5) is 45.3. The number of fused-ring (bicyclic) bond motifs is 1. The van der Waals surface area contributed by atoms with Crippen molar-refractivity contribution in [2.24, 2.45) is 0 Å². The fourth-order valence-corrected chi connectivity index (χ4v) is 4.75. The van der Waals surface area contributed by atoms with Crippen molar-refractivity contribution in [1.82, 2.24) is 9.88 Å². The summed E-state index contributed by atoms with van der Waals surface area (Å²) < 4.78 is 10.6. The number of thiazole rings is 1. The lowest BCUT2D eigenvalue weighted by atomic mass is 10.1. The molecule has 2 aliphatic heterocycles. The van der Waals surface area contributed by atoms with Crippen LogP contribution < -0.4 is 19.7 Å². The largest absolute Gasteiger partial charge is 0.454 e. The van der Waals surface area contributed by atoms with Gasteiger partial charge >= 0.3 is 0 Å². The Bertz CT molecular complexity index is 1270. The number of ketones is 1. The second-order valence-electron chi connectivity index (χ2n) is 8.31. The summed E-state index contributed by atoms with van der Waals surface area (Å²) in [5.74, 6) is 0.905. The monoisotopic (exact) mass is 492 g/mol. The Morgan fingerprint density at radius 2 is 1.69 bits per heavy atom. The van der Waals surface area contributed by atoms with E-state index in [0.29, 0.717) is 46.5 Å². The summed E-state index contributed by atoms with van der Waals surface area (Å²) in [5, 5.41) is 5.01. The van der Waals surface area contributed by atoms with Gasteiger partial charge in [0, 0.05) is 48.4 Å². The minimum Gasteiger partial charge on any atom is -0.454 e. The van der Waals surface area contributed by atoms with Crippen molar-refractivity contribution in [1.29, 1.82) is 0 Å². The van der Waals surface area contributed by atoms with Crippen LogP contribution in [0.2, 0.25) is 0 Å². The smallest absolute Gasteiger partial charge is 0.257 e. The fourth-order valence-electron chi connectivity index (χ4n) is 4.04. The number of anilines is 2. The number of aromatic nitrogens is 1. The van der Waals surface area contributed by atoms with Crippen molar-refractivity contribution in [3.63, 3.8) is 0 Å². The third-order valence-corrected chi connectivity index (χ3v) is 6.82. The topological polar surface area (TPSA) is 101 Å². The highest BCUT2D eigenvalue weighted by atomic mass is 32.1. The first-order chi connectivity index (χ1) is 17.0. The number of carbonyl (C=O) groups is 3. The first-order valence-corrected chi connectivity index (χ1v) is 12.1. The molecule has 0 radical (unpaired) electrons. The molecule has 0 aliphatic carbocycles. The van der Waals surface area contributed by atoms with Gasteiger partial charge in [0.15, 0.2) is 22.4 Å². The molecule has 3 heterocycles. The van der Waals surface area contributed by atoms with Crippen LogP contribution in [0.25, 0.3) is 0 Å². The summed E-state index contributed by atoms with van der Waals surface area (Å²) in [6.45, 7) is 4.37. The SMILES string of the molecule is CC(=O)c1ccc(N2CCN(C(=O)Cc3csc(NC(=O)c4ccc5c(c4)OCO5)n3)CC2)cc1. The highest BCUT2D eigenvalue weighted by Crippen LogP contribution is 2.32. The number of amides is 2. The quantitative estimate of drug-likeness (QED) is 0.527. The molecule has 3 aromatic rings. The van der Waals surface area contributed by atoms with Crippen LogP contribution in [-0.4, -0.2) is 60.5 Å². The van der Waals surface area contributed by atoms with Gasteiger partial charge in [-0.3, -0.25) is 19.7 Å². The van der Waals surface area contributed by atoms with Crippen LogP contribution in [0, 0.1) is 0 Å². The Kier molecular flexibility index (Phi) is 6.37. The molecule has 10 heteroatoms. The molecule has 1 saturated heterocycles. The van der Waals surface area contributed by atoms with E-state index in [1.165, 1.54) is 11.3 Å². The minimum atomic E-state index is -0.303. The Balaban J connectivity index is 1.12. The van der Waals surface area contributed by atoms with E-state index in [2.05, 4.69) is 15.2 Å². The zero-order valence-electron chi connectivity index (χ0n) is 19.2. The molecule has 2 aliphatic rings. The van der Waals surface area contributed by atoms with Crippen molar-refractivity contribution in [2.75, 3.05) is 43.2 Å². The first kappa shape index (κ1) is 22.9. The summed E-state index contributed by atoms with van der Waals surface area (Å²) in [6.07, 6.45) is 0.184. The van der Waals surface area contributed by atoms with E-state index in [1.807, 2.05) is 29.2 Å². The van der Waals surface area contributed by atoms with Crippen LogP contribution in [0.5, 0.6) is 11.5 Å². The number of benzene rings is 2. The van der Waals surface area contributed by atoms with Gasteiger partial charge in [-0.15, -0.1) is 11.3 Å². The van der Waals surface area contributed by atoms with Gasteiger partial charge in [-0.25, -0.2) is 4.98 Å². The van der Waals surface area contributed by atoms with Gasteiger partial charge in [-0.1, -0.05) is 0 Å². The first-order valence-electron chi connectivity index (χ1n) is 11.3. The van der Waals surface area contributed by atoms with Crippen LogP contribution in [0.4, 0.5) is 10.8 Å². The third kappa shape index (κ3) is 5.12. The predicted molar refractivity (Wildman–Crippen MR) is 132 cm³/mol. The van der Waals surface area contributed by atoms with Gasteiger partial charge in [0.2, 0.25) is 12.7 Å². The molecule has 9 nitrogen and oxygen atoms in total. The van der Waals surface area contributed by atoms with Crippen LogP contribution >= 0.6 is 11.3 Å². The number of hydrogen-bond acceptors (Lipinski definition) is 8. The van der Waals surface area contributed by atoms with Crippen LogP contribution in [0.1, 0.15) is 33.3 Å². The molecule has 5 rings (SSSR count). The molecule has 0 unspecified atom stereocenters. The number of rotatable bonds is 6. The van der Waals surface area contributed by atoms with E-state index in [1.54, 1.807) is 30.5 Å². The van der Waals surface area contributed by atoms with E-state index in [-0.39, 0.29) is 30.8 Å². The number of nitrogens with zero attached hydrogens (tertiary/aromatic N) is 3. The zero-order valence-corrected chi connectivity index (χ0v) is 20.0. The van der Waals surface area contributed by atoms with Gasteiger partial charge in [-0.2, -0.15) is 0 Å². The fraction of sp³-hybridized carbons (Fsp3) is 0.280. The average Bonchev–Trinajstić information content (AvgIpc) is 3.53. The maximum absolute atomic E-state index is 12.8. The number of ether oxygens (including phenoxy) is 2. The number of Topliss-reactive ketones (excluding diaryl/α,β-unsaturated/α-hetero) is 1. The maximum atomic E-state index is 12.8. The molecular weight excluding hydrogens is 468 g/mol. The highest BCUT2D eigenvalue weighted by molar-refractivity contribution is 7.14. The Labute approximate surface area is 206 Å². The molecule has 1 fully saturated rings. The average molecular weight is 493 g/mol. The Morgan fingerprint density at radius 3 is 2.43 bits per heavy atom. The summed E-state index contributed by atoms with van der Waals surface area (Å²) in [7, 11) is 0. The van der Waals surface area contributed by atoms with Crippen LogP contribution in [0.15, 0.2) is 47.8 Å². The van der Waals surface area contributed by atoms with E-state index >= 15 is 0 Å². The Hall–Kier alpha value is -3.92. The number of carbonyl (C=O) groups excluding carboxylic acids is 3. The van der Waals surface area contributed by atoms with Crippen LogP contribution in [0.3, 0.4) is 0 Å². The minimum absolute atomic E-state index is 0.00975. The van der Waals surface area contributed by atoms with Gasteiger partial charge < -0.3 is 19.3 Å². The van der Waals surface area contributed by atoms with Crippen molar-refractivity contribution >= 4 is 39.8 Å². The van der Waals surface area contributed by atoms with Gasteiger partial charge in [0.05, 0.1) is 12.1 Å². The standard InChI is InChI=1S/C25H24N4O5S/c1-16(30)17-2-5-20(6-3-17)28-8-10-29(11-9-28)23(31)13-19-14-35-25(26-19)27-24(32)18-4-7-21-22(12-18)34-15-33-21/h2-7,12,14H,8-11,13,15H2,1H3,(H,26,27,32). The summed E-state index contributed by atoms with van der Waals surface area (Å²) in [6, 6.07) is 12.6. The van der Waals surface area contributed by atoms with E-state index < -0.39 is 0 Å². The van der Waals surface area contributed by atoms with E-state index in [0.717, 1.165) is 18.8 Å². The maximum Gasteiger partial charge on any atom is 0.257 e.